The Morgan fingerprint density at radius 1 is 1.04 bits per heavy atom. The molecule has 1 fully saturated rings. The number of likely N-dealkylation sites (tertiary alicyclic amines) is 1. The smallest absolute Gasteiger partial charge is 0.252 e. The zero-order valence-corrected chi connectivity index (χ0v) is 16.1. The summed E-state index contributed by atoms with van der Waals surface area (Å²) in [6.07, 6.45) is 2.40. The first kappa shape index (κ1) is 19.5. The minimum atomic E-state index is -0.395. The highest BCUT2D eigenvalue weighted by molar-refractivity contribution is 8.00. The molecule has 0 aromatic heterocycles. The van der Waals surface area contributed by atoms with E-state index in [2.05, 4.69) is 22.3 Å². The lowest BCUT2D eigenvalue weighted by Crippen LogP contribution is -2.37. The maximum Gasteiger partial charge on any atom is 0.252 e. The maximum atomic E-state index is 12.8. The molecular formula is C21H25N3O2S. The van der Waals surface area contributed by atoms with Crippen molar-refractivity contribution in [2.24, 2.45) is 5.73 Å². The molecule has 1 saturated heterocycles. The lowest BCUT2D eigenvalue weighted by Gasteiger charge is -2.28. The highest BCUT2D eigenvalue weighted by atomic mass is 32.2. The Hall–Kier alpha value is -2.31. The molecule has 3 rings (SSSR count). The minimum absolute atomic E-state index is 0.123. The lowest BCUT2D eigenvalue weighted by molar-refractivity contribution is -0.115. The van der Waals surface area contributed by atoms with Gasteiger partial charge in [0.25, 0.3) is 5.91 Å². The van der Waals surface area contributed by atoms with Gasteiger partial charge in [0.1, 0.15) is 0 Å². The summed E-state index contributed by atoms with van der Waals surface area (Å²) in [5.74, 6) is -0.360. The average Bonchev–Trinajstić information content (AvgIpc) is 3.22. The molecule has 3 N–H and O–H groups in total. The number of rotatable bonds is 8. The molecule has 1 heterocycles. The van der Waals surface area contributed by atoms with Gasteiger partial charge in [0, 0.05) is 11.4 Å². The van der Waals surface area contributed by atoms with E-state index in [0.29, 0.717) is 12.1 Å². The quantitative estimate of drug-likeness (QED) is 0.688. The predicted octanol–water partition coefficient (Wildman–Crippen LogP) is 2.83. The lowest BCUT2D eigenvalue weighted by atomic mass is 10.1. The van der Waals surface area contributed by atoms with Crippen molar-refractivity contribution in [3.05, 3.63) is 65.7 Å². The molecule has 5 nitrogen and oxygen atoms in total. The van der Waals surface area contributed by atoms with Crippen LogP contribution < -0.4 is 11.1 Å². The summed E-state index contributed by atoms with van der Waals surface area (Å²) in [5, 5.41) is 3.09. The van der Waals surface area contributed by atoms with Gasteiger partial charge < -0.3 is 11.1 Å². The van der Waals surface area contributed by atoms with Gasteiger partial charge in [-0.05, 0) is 43.6 Å². The van der Waals surface area contributed by atoms with Crippen LogP contribution in [-0.4, -0.2) is 42.1 Å². The van der Waals surface area contributed by atoms with E-state index in [1.807, 2.05) is 36.4 Å². The zero-order chi connectivity index (χ0) is 19.1. The maximum absolute atomic E-state index is 12.8. The summed E-state index contributed by atoms with van der Waals surface area (Å²) in [6.45, 7) is 2.67. The van der Waals surface area contributed by atoms with Crippen molar-refractivity contribution in [1.29, 1.82) is 0 Å². The minimum Gasteiger partial charge on any atom is -0.369 e. The number of nitrogens with two attached hydrogens (primary N) is 1. The summed E-state index contributed by atoms with van der Waals surface area (Å²) in [5.41, 5.74) is 7.03. The number of nitrogens with zero attached hydrogens (tertiary/aromatic N) is 1. The first-order valence-electron chi connectivity index (χ1n) is 9.22. The van der Waals surface area contributed by atoms with Crippen LogP contribution in [0, 0.1) is 0 Å². The molecule has 1 aliphatic heterocycles. The van der Waals surface area contributed by atoms with Crippen LogP contribution in [0.4, 0.5) is 0 Å². The molecule has 2 aromatic rings. The number of hydrogen-bond donors (Lipinski definition) is 2. The van der Waals surface area contributed by atoms with E-state index < -0.39 is 5.91 Å². The molecule has 142 valence electrons. The van der Waals surface area contributed by atoms with Crippen molar-refractivity contribution in [2.75, 3.05) is 25.4 Å². The SMILES string of the molecule is NC(=O)CSc1ccccc1C(=O)NCC(c1ccccc1)N1CCCC1. The van der Waals surface area contributed by atoms with Crippen LogP contribution in [0.25, 0.3) is 0 Å². The van der Waals surface area contributed by atoms with Gasteiger partial charge in [-0.15, -0.1) is 11.8 Å². The number of nitrogens with one attached hydrogen (secondary N) is 1. The Labute approximate surface area is 164 Å². The van der Waals surface area contributed by atoms with Crippen molar-refractivity contribution in [1.82, 2.24) is 10.2 Å². The van der Waals surface area contributed by atoms with Gasteiger partial charge in [-0.2, -0.15) is 0 Å². The Balaban J connectivity index is 1.70. The number of amides is 2. The number of hydrogen-bond acceptors (Lipinski definition) is 4. The van der Waals surface area contributed by atoms with E-state index in [-0.39, 0.29) is 17.7 Å². The molecule has 0 bridgehead atoms. The van der Waals surface area contributed by atoms with Crippen LogP contribution >= 0.6 is 11.8 Å². The summed E-state index contributed by atoms with van der Waals surface area (Å²) in [4.78, 5) is 27.1. The molecule has 1 aliphatic rings. The van der Waals surface area contributed by atoms with Crippen molar-refractivity contribution in [3.63, 3.8) is 0 Å². The monoisotopic (exact) mass is 383 g/mol. The van der Waals surface area contributed by atoms with Gasteiger partial charge in [0.15, 0.2) is 0 Å². The molecule has 2 amide bonds. The first-order chi connectivity index (χ1) is 13.1. The molecule has 0 radical (unpaired) electrons. The summed E-state index contributed by atoms with van der Waals surface area (Å²) in [6, 6.07) is 17.8. The highest BCUT2D eigenvalue weighted by Gasteiger charge is 2.24. The van der Waals surface area contributed by atoms with Crippen LogP contribution in [0.5, 0.6) is 0 Å². The summed E-state index contributed by atoms with van der Waals surface area (Å²) in [7, 11) is 0. The van der Waals surface area contributed by atoms with Crippen molar-refractivity contribution < 1.29 is 9.59 Å². The Morgan fingerprint density at radius 2 is 1.70 bits per heavy atom. The predicted molar refractivity (Wildman–Crippen MR) is 109 cm³/mol. The van der Waals surface area contributed by atoms with E-state index in [0.717, 1.165) is 18.0 Å². The summed E-state index contributed by atoms with van der Waals surface area (Å²) >= 11 is 1.29. The fourth-order valence-corrected chi connectivity index (χ4v) is 4.19. The molecule has 0 saturated carbocycles. The third-order valence-corrected chi connectivity index (χ3v) is 5.82. The van der Waals surface area contributed by atoms with Crippen LogP contribution in [0.1, 0.15) is 34.8 Å². The standard InChI is InChI=1S/C21H25N3O2S/c22-20(25)15-27-19-11-5-4-10-17(19)21(26)23-14-18(24-12-6-7-13-24)16-8-2-1-3-9-16/h1-5,8-11,18H,6-7,12-15H2,(H2,22,25)(H,23,26). The fourth-order valence-electron chi connectivity index (χ4n) is 3.40. The second kappa shape index (κ2) is 9.58. The molecule has 1 atom stereocenters. The van der Waals surface area contributed by atoms with Crippen LogP contribution in [0.2, 0.25) is 0 Å². The zero-order valence-electron chi connectivity index (χ0n) is 15.3. The number of carbonyl (C=O) groups excluding carboxylic acids is 2. The third-order valence-electron chi connectivity index (χ3n) is 4.72. The third kappa shape index (κ3) is 5.34. The number of benzene rings is 2. The second-order valence-electron chi connectivity index (χ2n) is 6.63. The van der Waals surface area contributed by atoms with E-state index in [1.54, 1.807) is 6.07 Å². The largest absolute Gasteiger partial charge is 0.369 e. The molecular weight excluding hydrogens is 358 g/mol. The fraction of sp³-hybridized carbons (Fsp3) is 0.333. The Kier molecular flexibility index (Phi) is 6.90. The van der Waals surface area contributed by atoms with Crippen molar-refractivity contribution >= 4 is 23.6 Å². The molecule has 6 heteroatoms. The highest BCUT2D eigenvalue weighted by Crippen LogP contribution is 2.25. The van der Waals surface area contributed by atoms with Gasteiger partial charge in [0.05, 0.1) is 17.4 Å². The molecule has 0 aliphatic carbocycles. The van der Waals surface area contributed by atoms with E-state index in [9.17, 15) is 9.59 Å². The van der Waals surface area contributed by atoms with Gasteiger partial charge in [-0.1, -0.05) is 42.5 Å². The van der Waals surface area contributed by atoms with E-state index in [1.165, 1.54) is 30.2 Å². The van der Waals surface area contributed by atoms with Crippen LogP contribution in [0.15, 0.2) is 59.5 Å². The van der Waals surface area contributed by atoms with Gasteiger partial charge in [-0.3, -0.25) is 14.5 Å². The summed E-state index contributed by atoms with van der Waals surface area (Å²) < 4.78 is 0. The molecule has 0 spiro atoms. The van der Waals surface area contributed by atoms with Gasteiger partial charge in [-0.25, -0.2) is 0 Å². The molecule has 1 unspecified atom stereocenters. The number of primary amides is 1. The van der Waals surface area contributed by atoms with E-state index >= 15 is 0 Å². The average molecular weight is 384 g/mol. The van der Waals surface area contributed by atoms with Crippen LogP contribution in [0.3, 0.4) is 0 Å². The van der Waals surface area contributed by atoms with Gasteiger partial charge >= 0.3 is 0 Å². The first-order valence-corrected chi connectivity index (χ1v) is 10.2. The van der Waals surface area contributed by atoms with Gasteiger partial charge in [0.2, 0.25) is 5.91 Å². The van der Waals surface area contributed by atoms with E-state index in [4.69, 9.17) is 5.73 Å². The Bertz CT molecular complexity index is 776. The number of thioether (sulfide) groups is 1. The molecule has 27 heavy (non-hydrogen) atoms. The topological polar surface area (TPSA) is 75.4 Å². The second-order valence-corrected chi connectivity index (χ2v) is 7.65. The van der Waals surface area contributed by atoms with Crippen molar-refractivity contribution in [3.8, 4) is 0 Å². The number of carbonyl (C=O) groups is 2. The molecule has 2 aromatic carbocycles. The Morgan fingerprint density at radius 3 is 2.41 bits per heavy atom. The van der Waals surface area contributed by atoms with Crippen LogP contribution in [-0.2, 0) is 4.79 Å². The van der Waals surface area contributed by atoms with Crippen molar-refractivity contribution in [2.45, 2.75) is 23.8 Å². The normalized spacial score (nSPS) is 15.4.